The number of ether oxygens (including phenoxy) is 1. The highest BCUT2D eigenvalue weighted by Gasteiger charge is 2.21. The highest BCUT2D eigenvalue weighted by molar-refractivity contribution is 5.93. The number of fused-ring (bicyclic) bond motifs is 1. The number of para-hydroxylation sites is 2. The molecule has 0 radical (unpaired) electrons. The van der Waals surface area contributed by atoms with Crippen LogP contribution in [0.2, 0.25) is 0 Å². The van der Waals surface area contributed by atoms with Crippen molar-refractivity contribution in [1.29, 1.82) is 0 Å². The third-order valence-corrected chi connectivity index (χ3v) is 5.76. The van der Waals surface area contributed by atoms with Crippen LogP contribution in [0.15, 0.2) is 86.9 Å². The molecule has 180 valence electrons. The van der Waals surface area contributed by atoms with Gasteiger partial charge in [-0.15, -0.1) is 0 Å². The van der Waals surface area contributed by atoms with Crippen LogP contribution in [0, 0.1) is 6.92 Å². The molecular formula is C27H22N4O5. The first-order valence-corrected chi connectivity index (χ1v) is 11.4. The molecule has 0 atom stereocenters. The maximum Gasteiger partial charge on any atom is 0.340 e. The molecule has 0 bridgehead atoms. The smallest absolute Gasteiger partial charge is 0.340 e. The van der Waals surface area contributed by atoms with Crippen molar-refractivity contribution >= 4 is 16.9 Å². The van der Waals surface area contributed by atoms with Gasteiger partial charge in [0.2, 0.25) is 11.7 Å². The lowest BCUT2D eigenvalue weighted by molar-refractivity contribution is 0.0526. The van der Waals surface area contributed by atoms with E-state index >= 15 is 0 Å². The molecule has 2 heterocycles. The molecule has 0 N–H and O–H groups in total. The molecule has 9 heteroatoms. The van der Waals surface area contributed by atoms with E-state index in [9.17, 15) is 14.4 Å². The van der Waals surface area contributed by atoms with Crippen molar-refractivity contribution in [3.8, 4) is 17.1 Å². The van der Waals surface area contributed by atoms with Gasteiger partial charge in [0, 0.05) is 5.56 Å². The molecule has 9 nitrogen and oxygen atoms in total. The number of aryl methyl sites for hydroxylation is 1. The quantitative estimate of drug-likeness (QED) is 0.339. The first kappa shape index (κ1) is 23.0. The monoisotopic (exact) mass is 482 g/mol. The van der Waals surface area contributed by atoms with E-state index in [0.717, 1.165) is 15.7 Å². The fraction of sp³-hybridized carbons (Fsp3) is 0.148. The first-order chi connectivity index (χ1) is 17.5. The molecule has 5 rings (SSSR count). The van der Waals surface area contributed by atoms with Gasteiger partial charge in [-0.25, -0.2) is 14.2 Å². The molecule has 0 aliphatic heterocycles. The van der Waals surface area contributed by atoms with Crippen LogP contribution in [0.4, 0.5) is 0 Å². The Morgan fingerprint density at radius 2 is 1.69 bits per heavy atom. The predicted molar refractivity (Wildman–Crippen MR) is 133 cm³/mol. The van der Waals surface area contributed by atoms with Crippen LogP contribution in [-0.2, 0) is 11.3 Å². The molecule has 36 heavy (non-hydrogen) atoms. The molecule has 0 saturated carbocycles. The minimum atomic E-state index is -0.648. The van der Waals surface area contributed by atoms with Crippen LogP contribution in [0.25, 0.3) is 28.0 Å². The van der Waals surface area contributed by atoms with Crippen molar-refractivity contribution < 1.29 is 14.1 Å². The zero-order valence-corrected chi connectivity index (χ0v) is 19.7. The lowest BCUT2D eigenvalue weighted by Gasteiger charge is -2.15. The Labute approximate surface area is 205 Å². The van der Waals surface area contributed by atoms with Gasteiger partial charge in [-0.05, 0) is 38.1 Å². The van der Waals surface area contributed by atoms with Gasteiger partial charge in [0.25, 0.3) is 5.56 Å². The summed E-state index contributed by atoms with van der Waals surface area (Å²) in [5, 5.41) is 4.35. The Morgan fingerprint density at radius 1 is 0.972 bits per heavy atom. The Balaban J connectivity index is 1.67. The van der Waals surface area contributed by atoms with E-state index < -0.39 is 17.2 Å². The third-order valence-electron chi connectivity index (χ3n) is 5.76. The number of hydrogen-bond donors (Lipinski definition) is 0. The Hall–Kier alpha value is -4.79. The molecule has 0 aliphatic rings. The highest BCUT2D eigenvalue weighted by atomic mass is 16.5. The summed E-state index contributed by atoms with van der Waals surface area (Å²) in [6.45, 7) is 3.76. The van der Waals surface area contributed by atoms with Crippen LogP contribution in [0.1, 0.15) is 28.7 Å². The molecule has 0 saturated heterocycles. The Kier molecular flexibility index (Phi) is 6.03. The summed E-state index contributed by atoms with van der Waals surface area (Å²) in [4.78, 5) is 44.2. The zero-order chi connectivity index (χ0) is 25.2. The average Bonchev–Trinajstić information content (AvgIpc) is 3.36. The summed E-state index contributed by atoms with van der Waals surface area (Å²) in [6, 6.07) is 20.8. The van der Waals surface area contributed by atoms with Crippen LogP contribution in [-0.4, -0.2) is 31.9 Å². The van der Waals surface area contributed by atoms with Crippen LogP contribution < -0.4 is 11.2 Å². The number of benzene rings is 3. The molecule has 5 aromatic rings. The average molecular weight is 482 g/mol. The number of carbonyl (C=O) groups is 1. The summed E-state index contributed by atoms with van der Waals surface area (Å²) >= 11 is 0. The van der Waals surface area contributed by atoms with E-state index in [1.807, 2.05) is 31.2 Å². The topological polar surface area (TPSA) is 109 Å². The summed E-state index contributed by atoms with van der Waals surface area (Å²) in [5.74, 6) is -0.0382. The zero-order valence-electron chi connectivity index (χ0n) is 19.7. The van der Waals surface area contributed by atoms with Gasteiger partial charge in [-0.1, -0.05) is 59.3 Å². The van der Waals surface area contributed by atoms with Crippen LogP contribution in [0.3, 0.4) is 0 Å². The lowest BCUT2D eigenvalue weighted by atomic mass is 10.1. The van der Waals surface area contributed by atoms with E-state index in [0.29, 0.717) is 16.7 Å². The predicted octanol–water partition coefficient (Wildman–Crippen LogP) is 3.74. The number of esters is 1. The molecule has 3 aromatic carbocycles. The van der Waals surface area contributed by atoms with E-state index in [2.05, 4.69) is 10.1 Å². The molecule has 0 unspecified atom stereocenters. The van der Waals surface area contributed by atoms with E-state index in [4.69, 9.17) is 9.26 Å². The van der Waals surface area contributed by atoms with Crippen molar-refractivity contribution in [2.24, 2.45) is 0 Å². The molecule has 0 spiro atoms. The first-order valence-electron chi connectivity index (χ1n) is 11.4. The van der Waals surface area contributed by atoms with E-state index in [1.165, 1.54) is 16.7 Å². The fourth-order valence-corrected chi connectivity index (χ4v) is 4.01. The second kappa shape index (κ2) is 9.46. The summed E-state index contributed by atoms with van der Waals surface area (Å²) in [7, 11) is 0. The van der Waals surface area contributed by atoms with Gasteiger partial charge in [0.05, 0.1) is 28.8 Å². The summed E-state index contributed by atoms with van der Waals surface area (Å²) < 4.78 is 12.9. The number of rotatable bonds is 6. The van der Waals surface area contributed by atoms with Gasteiger partial charge >= 0.3 is 11.7 Å². The minimum absolute atomic E-state index is 0.0694. The van der Waals surface area contributed by atoms with Crippen molar-refractivity contribution in [2.75, 3.05) is 6.61 Å². The van der Waals surface area contributed by atoms with Gasteiger partial charge in [0.1, 0.15) is 6.54 Å². The Bertz CT molecular complexity index is 1700. The largest absolute Gasteiger partial charge is 0.462 e. The fourth-order valence-electron chi connectivity index (χ4n) is 4.01. The number of hydrogen-bond acceptors (Lipinski definition) is 7. The number of carbonyl (C=O) groups excluding carboxylic acids is 1. The van der Waals surface area contributed by atoms with Gasteiger partial charge < -0.3 is 9.26 Å². The molecule has 0 fully saturated rings. The number of aromatic nitrogens is 4. The van der Waals surface area contributed by atoms with Crippen LogP contribution >= 0.6 is 0 Å². The second-order valence-corrected chi connectivity index (χ2v) is 8.14. The second-order valence-electron chi connectivity index (χ2n) is 8.14. The van der Waals surface area contributed by atoms with Gasteiger partial charge in [0.15, 0.2) is 0 Å². The summed E-state index contributed by atoms with van der Waals surface area (Å²) in [6.07, 6.45) is 0. The van der Waals surface area contributed by atoms with Gasteiger partial charge in [-0.2, -0.15) is 4.98 Å². The third kappa shape index (κ3) is 4.11. The van der Waals surface area contributed by atoms with Gasteiger partial charge in [-0.3, -0.25) is 9.36 Å². The normalized spacial score (nSPS) is 11.1. The molecule has 0 amide bonds. The Morgan fingerprint density at radius 3 is 2.47 bits per heavy atom. The molecule has 0 aliphatic carbocycles. The maximum atomic E-state index is 13.7. The van der Waals surface area contributed by atoms with Crippen molar-refractivity contribution in [2.45, 2.75) is 20.4 Å². The summed E-state index contributed by atoms with van der Waals surface area (Å²) in [5.41, 5.74) is 1.34. The lowest BCUT2D eigenvalue weighted by Crippen LogP contribution is -2.40. The van der Waals surface area contributed by atoms with Crippen molar-refractivity contribution in [3.63, 3.8) is 0 Å². The molecular weight excluding hydrogens is 460 g/mol. The SMILES string of the molecule is CCOC(=O)c1ccccc1-n1c(=O)c2ccccc2n(Cc2nc(-c3ccc(C)cc3)no2)c1=O. The maximum absolute atomic E-state index is 13.7. The van der Waals surface area contributed by atoms with Crippen molar-refractivity contribution in [3.05, 3.63) is 111 Å². The minimum Gasteiger partial charge on any atom is -0.462 e. The highest BCUT2D eigenvalue weighted by Crippen LogP contribution is 2.19. The number of nitrogens with zero attached hydrogens (tertiary/aromatic N) is 4. The van der Waals surface area contributed by atoms with E-state index in [-0.39, 0.29) is 30.3 Å². The van der Waals surface area contributed by atoms with E-state index in [1.54, 1.807) is 43.3 Å². The van der Waals surface area contributed by atoms with Crippen molar-refractivity contribution in [1.82, 2.24) is 19.3 Å². The van der Waals surface area contributed by atoms with Crippen LogP contribution in [0.5, 0.6) is 0 Å². The molecule has 2 aromatic heterocycles. The standard InChI is InChI=1S/C27H22N4O5/c1-3-35-26(33)20-9-5-7-11-22(20)31-25(32)19-8-4-6-10-21(19)30(27(31)34)16-23-28-24(29-36-23)18-14-12-17(2)13-15-18/h4-15H,3,16H2,1-2H3.